The minimum absolute atomic E-state index is 0.0169. The molecule has 0 fully saturated rings. The lowest BCUT2D eigenvalue weighted by molar-refractivity contribution is -0.120. The quantitative estimate of drug-likeness (QED) is 0.866. The summed E-state index contributed by atoms with van der Waals surface area (Å²) < 4.78 is 1.99. The minimum atomic E-state index is 0.0169. The number of aryl methyl sites for hydroxylation is 1. The molecular weight excluding hydrogens is 214 g/mol. The van der Waals surface area contributed by atoms with E-state index < -0.39 is 0 Å². The Balaban J connectivity index is 2.28. The number of amides is 1. The van der Waals surface area contributed by atoms with Crippen molar-refractivity contribution in [2.75, 3.05) is 7.05 Å². The van der Waals surface area contributed by atoms with Crippen molar-refractivity contribution in [3.63, 3.8) is 0 Å². The molecule has 0 spiro atoms. The summed E-state index contributed by atoms with van der Waals surface area (Å²) in [4.78, 5) is 11.2. The van der Waals surface area contributed by atoms with E-state index in [-0.39, 0.29) is 5.91 Å². The number of carbonyl (C=O) groups is 1. The van der Waals surface area contributed by atoms with Crippen molar-refractivity contribution in [3.8, 4) is 6.07 Å². The molecule has 0 unspecified atom stereocenters. The van der Waals surface area contributed by atoms with Gasteiger partial charge in [-0.05, 0) is 23.6 Å². The molecule has 0 saturated heterocycles. The van der Waals surface area contributed by atoms with Gasteiger partial charge in [-0.15, -0.1) is 0 Å². The zero-order chi connectivity index (χ0) is 12.3. The first-order valence-electron chi connectivity index (χ1n) is 5.44. The largest absolute Gasteiger partial charge is 0.359 e. The van der Waals surface area contributed by atoms with Crippen LogP contribution in [0.4, 0.5) is 0 Å². The molecule has 0 aliphatic carbocycles. The third-order valence-electron chi connectivity index (χ3n) is 2.76. The first-order chi connectivity index (χ1) is 8.24. The van der Waals surface area contributed by atoms with Crippen LogP contribution in [-0.2, 0) is 11.3 Å². The van der Waals surface area contributed by atoms with E-state index in [2.05, 4.69) is 11.4 Å². The number of hydrogen-bond donors (Lipinski definition) is 1. The van der Waals surface area contributed by atoms with Crippen molar-refractivity contribution >= 4 is 16.8 Å². The molecule has 2 rings (SSSR count). The van der Waals surface area contributed by atoms with Crippen molar-refractivity contribution in [1.82, 2.24) is 9.88 Å². The van der Waals surface area contributed by atoms with Crippen LogP contribution in [-0.4, -0.2) is 17.5 Å². The first-order valence-corrected chi connectivity index (χ1v) is 5.44. The summed E-state index contributed by atoms with van der Waals surface area (Å²) in [6.45, 7) is 0.623. The zero-order valence-corrected chi connectivity index (χ0v) is 9.60. The van der Waals surface area contributed by atoms with Crippen molar-refractivity contribution in [2.45, 2.75) is 13.0 Å². The van der Waals surface area contributed by atoms with Gasteiger partial charge in [-0.2, -0.15) is 5.26 Å². The third kappa shape index (κ3) is 2.28. The highest BCUT2D eigenvalue weighted by molar-refractivity contribution is 5.82. The van der Waals surface area contributed by atoms with Gasteiger partial charge in [0.1, 0.15) is 0 Å². The van der Waals surface area contributed by atoms with E-state index in [0.29, 0.717) is 18.5 Å². The van der Waals surface area contributed by atoms with E-state index in [4.69, 9.17) is 5.26 Å². The summed E-state index contributed by atoms with van der Waals surface area (Å²) in [5, 5.41) is 12.5. The molecule has 1 amide bonds. The Kier molecular flexibility index (Phi) is 3.10. The standard InChI is InChI=1S/C13H13N3O/c1-15-13(17)5-7-16-6-4-11-3-2-10(9-14)8-12(11)16/h2-4,6,8H,5,7H2,1H3,(H,15,17). The predicted molar refractivity (Wildman–Crippen MR) is 65.3 cm³/mol. The van der Waals surface area contributed by atoms with E-state index in [1.807, 2.05) is 29.0 Å². The molecule has 2 aromatic rings. The van der Waals surface area contributed by atoms with Crippen LogP contribution in [0.5, 0.6) is 0 Å². The lowest BCUT2D eigenvalue weighted by atomic mass is 10.2. The number of nitriles is 1. The number of hydrogen-bond acceptors (Lipinski definition) is 2. The highest BCUT2D eigenvalue weighted by Crippen LogP contribution is 2.17. The van der Waals surface area contributed by atoms with Gasteiger partial charge >= 0.3 is 0 Å². The minimum Gasteiger partial charge on any atom is -0.359 e. The van der Waals surface area contributed by atoms with Crippen LogP contribution in [0, 0.1) is 11.3 Å². The number of carbonyl (C=O) groups excluding carboxylic acids is 1. The van der Waals surface area contributed by atoms with Crippen molar-refractivity contribution in [3.05, 3.63) is 36.0 Å². The molecule has 1 aromatic carbocycles. The molecule has 0 radical (unpaired) electrons. The van der Waals surface area contributed by atoms with Crippen LogP contribution in [0.3, 0.4) is 0 Å². The molecule has 0 aliphatic heterocycles. The summed E-state index contributed by atoms with van der Waals surface area (Å²) >= 11 is 0. The third-order valence-corrected chi connectivity index (χ3v) is 2.76. The van der Waals surface area contributed by atoms with E-state index in [9.17, 15) is 4.79 Å². The summed E-state index contributed by atoms with van der Waals surface area (Å²) in [5.41, 5.74) is 1.63. The summed E-state index contributed by atoms with van der Waals surface area (Å²) in [7, 11) is 1.63. The van der Waals surface area contributed by atoms with Gasteiger partial charge in [-0.1, -0.05) is 6.07 Å². The Morgan fingerprint density at radius 1 is 1.47 bits per heavy atom. The van der Waals surface area contributed by atoms with Crippen LogP contribution in [0.1, 0.15) is 12.0 Å². The molecule has 17 heavy (non-hydrogen) atoms. The molecular formula is C13H13N3O. The van der Waals surface area contributed by atoms with Crippen LogP contribution >= 0.6 is 0 Å². The molecule has 4 nitrogen and oxygen atoms in total. The number of fused-ring (bicyclic) bond motifs is 1. The highest BCUT2D eigenvalue weighted by atomic mass is 16.1. The molecule has 0 bridgehead atoms. The number of aromatic nitrogens is 1. The summed E-state index contributed by atoms with van der Waals surface area (Å²) in [6, 6.07) is 9.67. The molecule has 86 valence electrons. The number of nitrogens with one attached hydrogen (secondary N) is 1. The Morgan fingerprint density at radius 2 is 2.29 bits per heavy atom. The molecule has 4 heteroatoms. The summed E-state index contributed by atoms with van der Waals surface area (Å²) in [5.74, 6) is 0.0169. The van der Waals surface area contributed by atoms with Gasteiger partial charge in [0.25, 0.3) is 0 Å². The van der Waals surface area contributed by atoms with Gasteiger partial charge < -0.3 is 9.88 Å². The Bertz CT molecular complexity index is 592. The second-order valence-corrected chi connectivity index (χ2v) is 3.82. The normalized spacial score (nSPS) is 10.1. The van der Waals surface area contributed by atoms with Crippen molar-refractivity contribution in [1.29, 1.82) is 5.26 Å². The van der Waals surface area contributed by atoms with E-state index in [1.165, 1.54) is 0 Å². The fourth-order valence-electron chi connectivity index (χ4n) is 1.80. The smallest absolute Gasteiger partial charge is 0.221 e. The van der Waals surface area contributed by atoms with Crippen LogP contribution in [0.15, 0.2) is 30.5 Å². The lowest BCUT2D eigenvalue weighted by Crippen LogP contribution is -2.19. The van der Waals surface area contributed by atoms with E-state index >= 15 is 0 Å². The van der Waals surface area contributed by atoms with Crippen LogP contribution in [0.25, 0.3) is 10.9 Å². The Labute approximate surface area is 99.5 Å². The van der Waals surface area contributed by atoms with Gasteiger partial charge in [-0.25, -0.2) is 0 Å². The van der Waals surface area contributed by atoms with Crippen molar-refractivity contribution in [2.24, 2.45) is 0 Å². The molecule has 0 aliphatic rings. The van der Waals surface area contributed by atoms with Crippen molar-refractivity contribution < 1.29 is 4.79 Å². The first kappa shape index (κ1) is 11.2. The fraction of sp³-hybridized carbons (Fsp3) is 0.231. The molecule has 1 aromatic heterocycles. The average Bonchev–Trinajstić information content (AvgIpc) is 2.78. The van der Waals surface area contributed by atoms with Crippen LogP contribution in [0.2, 0.25) is 0 Å². The van der Waals surface area contributed by atoms with Gasteiger partial charge in [0.2, 0.25) is 5.91 Å². The van der Waals surface area contributed by atoms with Gasteiger partial charge in [0.05, 0.1) is 11.6 Å². The van der Waals surface area contributed by atoms with Crippen LogP contribution < -0.4 is 5.32 Å². The Hall–Kier alpha value is -2.28. The summed E-state index contributed by atoms with van der Waals surface area (Å²) in [6.07, 6.45) is 2.38. The molecule has 0 saturated carbocycles. The topological polar surface area (TPSA) is 57.8 Å². The van der Waals surface area contributed by atoms with Gasteiger partial charge in [-0.3, -0.25) is 4.79 Å². The second-order valence-electron chi connectivity index (χ2n) is 3.82. The number of benzene rings is 1. The predicted octanol–water partition coefficient (Wildman–Crippen LogP) is 1.65. The fourth-order valence-corrected chi connectivity index (χ4v) is 1.80. The monoisotopic (exact) mass is 227 g/mol. The second kappa shape index (κ2) is 4.71. The average molecular weight is 227 g/mol. The molecule has 1 heterocycles. The zero-order valence-electron chi connectivity index (χ0n) is 9.60. The number of nitrogens with zero attached hydrogens (tertiary/aromatic N) is 2. The van der Waals surface area contributed by atoms with E-state index in [1.54, 1.807) is 13.1 Å². The maximum atomic E-state index is 11.2. The number of rotatable bonds is 3. The Morgan fingerprint density at radius 3 is 3.00 bits per heavy atom. The van der Waals surface area contributed by atoms with Gasteiger partial charge in [0, 0.05) is 31.7 Å². The maximum Gasteiger partial charge on any atom is 0.221 e. The molecule has 0 atom stereocenters. The maximum absolute atomic E-state index is 11.2. The van der Waals surface area contributed by atoms with E-state index in [0.717, 1.165) is 10.9 Å². The SMILES string of the molecule is CNC(=O)CCn1ccc2ccc(C#N)cc21. The van der Waals surface area contributed by atoms with Gasteiger partial charge in [0.15, 0.2) is 0 Å². The highest BCUT2D eigenvalue weighted by Gasteiger charge is 2.04. The molecule has 1 N–H and O–H groups in total. The lowest BCUT2D eigenvalue weighted by Gasteiger charge is -2.04.